The zero-order valence-electron chi connectivity index (χ0n) is 10.6. The van der Waals surface area contributed by atoms with Gasteiger partial charge in [-0.25, -0.2) is 4.98 Å². The van der Waals surface area contributed by atoms with Crippen molar-refractivity contribution in [3.8, 4) is 0 Å². The molecule has 1 heterocycles. The summed E-state index contributed by atoms with van der Waals surface area (Å²) in [6.45, 7) is 0. The summed E-state index contributed by atoms with van der Waals surface area (Å²) in [6, 6.07) is 12.0. The number of benzene rings is 2. The van der Waals surface area contributed by atoms with E-state index in [-0.39, 0.29) is 11.3 Å². The number of carbonyl (C=O) groups is 1. The zero-order chi connectivity index (χ0) is 14.8. The first kappa shape index (κ1) is 13.3. The van der Waals surface area contributed by atoms with Gasteiger partial charge in [0.15, 0.2) is 11.4 Å². The summed E-state index contributed by atoms with van der Waals surface area (Å²) in [5.74, 6) is 0. The number of nitro groups is 1. The van der Waals surface area contributed by atoms with Gasteiger partial charge in [-0.15, -0.1) is 0 Å². The first-order chi connectivity index (χ1) is 10.2. The fourth-order valence-corrected chi connectivity index (χ4v) is 2.80. The highest BCUT2D eigenvalue weighted by Crippen LogP contribution is 2.30. The van der Waals surface area contributed by atoms with Crippen molar-refractivity contribution in [3.05, 3.63) is 58.1 Å². The van der Waals surface area contributed by atoms with Crippen LogP contribution < -0.4 is 0 Å². The Hall–Kier alpha value is -2.67. The fourth-order valence-electron chi connectivity index (χ4n) is 1.95. The van der Waals surface area contributed by atoms with E-state index in [0.717, 1.165) is 11.0 Å². The number of rotatable bonds is 4. The highest BCUT2D eigenvalue weighted by molar-refractivity contribution is 7.99. The number of nitrogens with one attached hydrogen (secondary N) is 1. The van der Waals surface area contributed by atoms with Gasteiger partial charge < -0.3 is 4.98 Å². The standard InChI is InChI=1S/C14H9N3O3S/c18-8-9-7-10(5-6-13(9)17(19)20)21-14-15-11-3-1-2-4-12(11)16-14/h1-8H,(H,15,16). The molecule has 0 bridgehead atoms. The van der Waals surface area contributed by atoms with Crippen LogP contribution in [0.3, 0.4) is 0 Å². The number of para-hydroxylation sites is 2. The van der Waals surface area contributed by atoms with Crippen LogP contribution in [0, 0.1) is 10.1 Å². The van der Waals surface area contributed by atoms with Crippen molar-refractivity contribution in [3.63, 3.8) is 0 Å². The summed E-state index contributed by atoms with van der Waals surface area (Å²) in [6.07, 6.45) is 0.487. The minimum Gasteiger partial charge on any atom is -0.333 e. The van der Waals surface area contributed by atoms with Gasteiger partial charge in [-0.2, -0.15) is 0 Å². The van der Waals surface area contributed by atoms with Crippen LogP contribution in [0.4, 0.5) is 5.69 Å². The van der Waals surface area contributed by atoms with E-state index in [1.807, 2.05) is 24.3 Å². The van der Waals surface area contributed by atoms with Crippen LogP contribution in [0.25, 0.3) is 11.0 Å². The van der Waals surface area contributed by atoms with Crippen LogP contribution in [-0.4, -0.2) is 21.2 Å². The Balaban J connectivity index is 1.94. The van der Waals surface area contributed by atoms with Crippen molar-refractivity contribution in [2.45, 2.75) is 10.1 Å². The Morgan fingerprint density at radius 3 is 2.76 bits per heavy atom. The molecule has 1 aromatic heterocycles. The van der Waals surface area contributed by atoms with E-state index >= 15 is 0 Å². The van der Waals surface area contributed by atoms with Crippen LogP contribution in [0.5, 0.6) is 0 Å². The largest absolute Gasteiger partial charge is 0.333 e. The Labute approximate surface area is 123 Å². The lowest BCUT2D eigenvalue weighted by molar-refractivity contribution is -0.385. The number of hydrogen-bond donors (Lipinski definition) is 1. The maximum atomic E-state index is 10.9. The molecule has 0 unspecified atom stereocenters. The fraction of sp³-hybridized carbons (Fsp3) is 0. The lowest BCUT2D eigenvalue weighted by Crippen LogP contribution is -1.94. The van der Waals surface area contributed by atoms with Crippen LogP contribution >= 0.6 is 11.8 Å². The third-order valence-electron chi connectivity index (χ3n) is 2.90. The number of nitrogens with zero attached hydrogens (tertiary/aromatic N) is 2. The molecule has 0 atom stereocenters. The maximum absolute atomic E-state index is 10.9. The normalized spacial score (nSPS) is 10.7. The zero-order valence-corrected chi connectivity index (χ0v) is 11.5. The second-order valence-electron chi connectivity index (χ2n) is 4.26. The SMILES string of the molecule is O=Cc1cc(Sc2nc3ccccc3[nH]2)ccc1[N+](=O)[O-]. The second kappa shape index (κ2) is 5.37. The van der Waals surface area contributed by atoms with Gasteiger partial charge in [0.05, 0.1) is 21.5 Å². The Morgan fingerprint density at radius 2 is 2.05 bits per heavy atom. The van der Waals surface area contributed by atoms with Gasteiger partial charge in [0, 0.05) is 11.0 Å². The molecule has 21 heavy (non-hydrogen) atoms. The van der Waals surface area contributed by atoms with E-state index < -0.39 is 4.92 Å². The first-order valence-corrected chi connectivity index (χ1v) is 6.85. The molecule has 0 amide bonds. The number of hydrogen-bond acceptors (Lipinski definition) is 5. The summed E-state index contributed by atoms with van der Waals surface area (Å²) >= 11 is 1.32. The Kier molecular flexibility index (Phi) is 3.41. The van der Waals surface area contributed by atoms with Gasteiger partial charge in [-0.1, -0.05) is 23.9 Å². The predicted molar refractivity (Wildman–Crippen MR) is 78.7 cm³/mol. The Morgan fingerprint density at radius 1 is 1.24 bits per heavy atom. The van der Waals surface area contributed by atoms with Crippen molar-refractivity contribution in [2.75, 3.05) is 0 Å². The number of carbonyl (C=O) groups excluding carboxylic acids is 1. The highest BCUT2D eigenvalue weighted by Gasteiger charge is 2.14. The molecule has 6 nitrogen and oxygen atoms in total. The summed E-state index contributed by atoms with van der Waals surface area (Å²) in [5.41, 5.74) is 1.62. The van der Waals surface area contributed by atoms with Gasteiger partial charge in [0.25, 0.3) is 5.69 Å². The minimum absolute atomic E-state index is 0.0566. The van der Waals surface area contributed by atoms with Gasteiger partial charge >= 0.3 is 0 Å². The molecule has 3 aromatic rings. The first-order valence-electron chi connectivity index (χ1n) is 6.03. The van der Waals surface area contributed by atoms with Crippen molar-refractivity contribution in [1.29, 1.82) is 0 Å². The summed E-state index contributed by atoms with van der Waals surface area (Å²) in [7, 11) is 0. The smallest absolute Gasteiger partial charge is 0.279 e. The van der Waals surface area contributed by atoms with Gasteiger partial charge in [-0.05, 0) is 24.3 Å². The predicted octanol–water partition coefficient (Wildman–Crippen LogP) is 3.43. The van der Waals surface area contributed by atoms with Crippen LogP contribution in [0.2, 0.25) is 0 Å². The van der Waals surface area contributed by atoms with E-state index in [1.165, 1.54) is 23.9 Å². The maximum Gasteiger partial charge on any atom is 0.279 e. The van der Waals surface area contributed by atoms with Crippen LogP contribution in [0.1, 0.15) is 10.4 Å². The summed E-state index contributed by atoms with van der Waals surface area (Å²) in [5, 5.41) is 11.5. The molecule has 0 fully saturated rings. The van der Waals surface area contributed by atoms with Crippen molar-refractivity contribution < 1.29 is 9.72 Å². The molecule has 2 aromatic carbocycles. The number of aromatic amines is 1. The summed E-state index contributed by atoms with van der Waals surface area (Å²) in [4.78, 5) is 29.4. The van der Waals surface area contributed by atoms with Crippen LogP contribution in [0.15, 0.2) is 52.5 Å². The molecular formula is C14H9N3O3S. The summed E-state index contributed by atoms with van der Waals surface area (Å²) < 4.78 is 0. The van der Waals surface area contributed by atoms with Gasteiger partial charge in [0.1, 0.15) is 0 Å². The van der Waals surface area contributed by atoms with Gasteiger partial charge in [0.2, 0.25) is 0 Å². The van der Waals surface area contributed by atoms with Crippen molar-refractivity contribution in [1.82, 2.24) is 9.97 Å². The minimum atomic E-state index is -0.570. The molecule has 0 saturated carbocycles. The van der Waals surface area contributed by atoms with E-state index in [2.05, 4.69) is 9.97 Å². The average Bonchev–Trinajstić information content (AvgIpc) is 2.88. The van der Waals surface area contributed by atoms with E-state index in [4.69, 9.17) is 0 Å². The molecule has 7 heteroatoms. The van der Waals surface area contributed by atoms with Crippen molar-refractivity contribution >= 4 is 34.8 Å². The third-order valence-corrected chi connectivity index (χ3v) is 3.78. The molecule has 0 aliphatic rings. The van der Waals surface area contributed by atoms with Gasteiger partial charge in [-0.3, -0.25) is 14.9 Å². The number of aldehydes is 1. The quantitative estimate of drug-likeness (QED) is 0.453. The monoisotopic (exact) mass is 299 g/mol. The third kappa shape index (κ3) is 2.63. The molecule has 0 saturated heterocycles. The molecule has 3 rings (SSSR count). The highest BCUT2D eigenvalue weighted by atomic mass is 32.2. The molecule has 0 aliphatic carbocycles. The Bertz CT molecular complexity index is 811. The van der Waals surface area contributed by atoms with E-state index in [1.54, 1.807) is 6.07 Å². The number of nitro benzene ring substituents is 1. The molecular weight excluding hydrogens is 290 g/mol. The molecule has 0 spiro atoms. The van der Waals surface area contributed by atoms with E-state index in [0.29, 0.717) is 16.3 Å². The number of aromatic nitrogens is 2. The lowest BCUT2D eigenvalue weighted by atomic mass is 10.2. The molecule has 0 radical (unpaired) electrons. The molecule has 0 aliphatic heterocycles. The van der Waals surface area contributed by atoms with E-state index in [9.17, 15) is 14.9 Å². The second-order valence-corrected chi connectivity index (χ2v) is 5.32. The molecule has 104 valence electrons. The molecule has 1 N–H and O–H groups in total. The van der Waals surface area contributed by atoms with Crippen molar-refractivity contribution in [2.24, 2.45) is 0 Å². The topological polar surface area (TPSA) is 88.9 Å². The number of H-pyrrole nitrogens is 1. The average molecular weight is 299 g/mol. The lowest BCUT2D eigenvalue weighted by Gasteiger charge is -2.00. The number of fused-ring (bicyclic) bond motifs is 1. The number of imidazole rings is 1. The van der Waals surface area contributed by atoms with Crippen LogP contribution in [-0.2, 0) is 0 Å².